The van der Waals surface area contributed by atoms with Crippen LogP contribution in [0.1, 0.15) is 12.8 Å². The average molecular weight is 234 g/mol. The number of aliphatic hydroxyl groups excluding tert-OH is 1. The molecule has 0 unspecified atom stereocenters. The molecule has 0 spiro atoms. The molecule has 0 saturated heterocycles. The predicted molar refractivity (Wildman–Crippen MR) is 25.9 cm³/mol. The molecule has 0 amide bonds. The van der Waals surface area contributed by atoms with Crippen LogP contribution in [0.3, 0.4) is 0 Å². The Labute approximate surface area is 62.3 Å². The van der Waals surface area contributed by atoms with Crippen molar-refractivity contribution in [3.05, 3.63) is 0 Å². The summed E-state index contributed by atoms with van der Waals surface area (Å²) in [5.74, 6) is 0. The zero-order chi connectivity index (χ0) is 8.04. The van der Waals surface area contributed by atoms with Gasteiger partial charge in [0.2, 0.25) is 0 Å². The molecule has 0 rings (SSSR count). The van der Waals surface area contributed by atoms with Gasteiger partial charge in [-0.1, -0.05) is 0 Å². The third-order valence-corrected chi connectivity index (χ3v) is 1.93. The summed E-state index contributed by atoms with van der Waals surface area (Å²) in [7, 11) is 0. The van der Waals surface area contributed by atoms with Gasteiger partial charge in [-0.2, -0.15) is 0 Å². The van der Waals surface area contributed by atoms with E-state index in [-0.39, 0.29) is 13.2 Å². The Bertz CT molecular complexity index is 160. The molecule has 62 valence electrons. The molecule has 0 radical (unpaired) electrons. The van der Waals surface area contributed by atoms with Crippen molar-refractivity contribution in [2.45, 2.75) is 12.8 Å². The van der Waals surface area contributed by atoms with Gasteiger partial charge in [-0.05, 0) is 0 Å². The molecule has 0 aliphatic carbocycles. The molecule has 0 saturated carbocycles. The fraction of sp³-hybridized carbons (Fsp3) is 1.00. The van der Waals surface area contributed by atoms with Crippen molar-refractivity contribution in [1.82, 2.24) is 0 Å². The molecule has 5 nitrogen and oxygen atoms in total. The molecule has 10 heavy (non-hydrogen) atoms. The molecule has 0 aromatic rings. The van der Waals surface area contributed by atoms with E-state index >= 15 is 0 Å². The summed E-state index contributed by atoms with van der Waals surface area (Å²) in [6.07, 6.45) is 0.924. The van der Waals surface area contributed by atoms with Crippen LogP contribution in [0.15, 0.2) is 0 Å². The van der Waals surface area contributed by atoms with E-state index in [1.807, 2.05) is 0 Å². The van der Waals surface area contributed by atoms with Crippen molar-refractivity contribution in [2.75, 3.05) is 13.2 Å². The number of aliphatic hydroxyl groups is 1. The van der Waals surface area contributed by atoms with Crippen molar-refractivity contribution >= 4 is 0 Å². The van der Waals surface area contributed by atoms with Crippen LogP contribution in [0.4, 0.5) is 0 Å². The minimum atomic E-state index is -5.25. The summed E-state index contributed by atoms with van der Waals surface area (Å²) in [6.45, 7) is -0.0298. The van der Waals surface area contributed by atoms with Gasteiger partial charge in [0.1, 0.15) is 0 Å². The van der Waals surface area contributed by atoms with Crippen LogP contribution in [0.25, 0.3) is 0 Å². The van der Waals surface area contributed by atoms with Crippen LogP contribution in [-0.2, 0) is 26.9 Å². The summed E-state index contributed by atoms with van der Waals surface area (Å²) in [6, 6.07) is 0. The molecule has 0 aromatic heterocycles. The first-order chi connectivity index (χ1) is 4.56. The quantitative estimate of drug-likeness (QED) is 0.492. The number of rotatable bonds is 5. The van der Waals surface area contributed by atoms with Gasteiger partial charge in [-0.15, -0.1) is 0 Å². The summed E-state index contributed by atoms with van der Waals surface area (Å²) in [5, 5.41) is 8.24. The van der Waals surface area contributed by atoms with E-state index in [0.29, 0.717) is 12.8 Å². The number of unbranched alkanes of at least 4 members (excludes halogenated alkanes) is 1. The van der Waals surface area contributed by atoms with E-state index in [9.17, 15) is 6.80 Å². The summed E-state index contributed by atoms with van der Waals surface area (Å²) in [4.78, 5) is 0. The molecule has 6 heteroatoms. The first kappa shape index (κ1) is 10.2. The molecule has 0 bridgehead atoms. The van der Waals surface area contributed by atoms with Crippen molar-refractivity contribution in [2.24, 2.45) is 0 Å². The SMILES string of the molecule is [O]=[Mo](=[O])([OH])[O]CCCCO. The van der Waals surface area contributed by atoms with Crippen LogP contribution >= 0.6 is 0 Å². The Morgan fingerprint density at radius 2 is 1.90 bits per heavy atom. The molecular formula is C4H10MoO5. The normalized spacial score (nSPS) is 11.8. The van der Waals surface area contributed by atoms with Gasteiger partial charge in [0.05, 0.1) is 0 Å². The molecular weight excluding hydrogens is 224 g/mol. The Balaban J connectivity index is 3.21. The van der Waals surface area contributed by atoms with Crippen molar-refractivity contribution < 1.29 is 35.8 Å². The van der Waals surface area contributed by atoms with Crippen LogP contribution in [0.2, 0.25) is 0 Å². The summed E-state index contributed by atoms with van der Waals surface area (Å²) in [5.41, 5.74) is 0. The second-order valence-corrected chi connectivity index (χ2v) is 4.36. The van der Waals surface area contributed by atoms with Crippen LogP contribution in [-0.4, -0.2) is 22.1 Å². The van der Waals surface area contributed by atoms with E-state index in [2.05, 4.69) is 3.39 Å². The summed E-state index contributed by atoms with van der Waals surface area (Å²) >= 11 is -5.25. The third-order valence-electron chi connectivity index (χ3n) is 0.785. The Hall–Kier alpha value is 0.168. The van der Waals surface area contributed by atoms with Crippen molar-refractivity contribution in [3.8, 4) is 0 Å². The van der Waals surface area contributed by atoms with E-state index in [4.69, 9.17) is 8.87 Å². The molecule has 0 aliphatic rings. The van der Waals surface area contributed by atoms with Gasteiger partial charge in [0.25, 0.3) is 0 Å². The standard InChI is InChI=1S/C4H9O2.Mo.H2O.2O/c5-3-1-2-4-6;;;;/h5H,1-4H2;;1H2;;/q-1;+2;;;/p-1. The molecule has 0 aromatic carbocycles. The topological polar surface area (TPSA) is 83.8 Å². The van der Waals surface area contributed by atoms with E-state index in [1.165, 1.54) is 0 Å². The van der Waals surface area contributed by atoms with Crippen LogP contribution < -0.4 is 0 Å². The summed E-state index contributed by atoms with van der Waals surface area (Å²) < 4.78 is 32.1. The first-order valence-electron chi connectivity index (χ1n) is 2.79. The van der Waals surface area contributed by atoms with E-state index in [1.54, 1.807) is 0 Å². The first-order valence-corrected chi connectivity index (χ1v) is 6.14. The zero-order valence-electron chi connectivity index (χ0n) is 5.36. The Morgan fingerprint density at radius 1 is 1.30 bits per heavy atom. The number of hydrogen-bond donors (Lipinski definition) is 2. The maximum absolute atomic E-state index is 9.97. The van der Waals surface area contributed by atoms with Gasteiger partial charge in [-0.25, -0.2) is 0 Å². The second-order valence-electron chi connectivity index (χ2n) is 1.68. The molecule has 0 atom stereocenters. The predicted octanol–water partition coefficient (Wildman–Crippen LogP) is -0.557. The molecule has 0 heterocycles. The Morgan fingerprint density at radius 3 is 2.30 bits per heavy atom. The molecule has 0 fully saturated rings. The van der Waals surface area contributed by atoms with E-state index < -0.39 is 16.7 Å². The number of hydrogen-bond acceptors (Lipinski definition) is 4. The average Bonchev–Trinajstić information content (AvgIpc) is 1.78. The molecule has 2 N–H and O–H groups in total. The maximum atomic E-state index is 9.97. The third kappa shape index (κ3) is 8.17. The minimum absolute atomic E-state index is 0.00673. The van der Waals surface area contributed by atoms with Crippen LogP contribution in [0.5, 0.6) is 0 Å². The monoisotopic (exact) mass is 236 g/mol. The van der Waals surface area contributed by atoms with E-state index in [0.717, 1.165) is 0 Å². The van der Waals surface area contributed by atoms with Gasteiger partial charge in [0, 0.05) is 0 Å². The van der Waals surface area contributed by atoms with Gasteiger partial charge in [0.15, 0.2) is 0 Å². The fourth-order valence-corrected chi connectivity index (χ4v) is 1.19. The van der Waals surface area contributed by atoms with Crippen molar-refractivity contribution in [1.29, 1.82) is 0 Å². The van der Waals surface area contributed by atoms with Crippen LogP contribution in [0, 0.1) is 0 Å². The fourth-order valence-electron chi connectivity index (χ4n) is 0.378. The zero-order valence-corrected chi connectivity index (χ0v) is 7.36. The Kier molecular flexibility index (Phi) is 4.99. The molecule has 0 aliphatic heterocycles. The second kappa shape index (κ2) is 4.90. The van der Waals surface area contributed by atoms with Crippen molar-refractivity contribution in [3.63, 3.8) is 0 Å². The van der Waals surface area contributed by atoms with Gasteiger partial charge >= 0.3 is 61.9 Å². The van der Waals surface area contributed by atoms with Gasteiger partial charge in [-0.3, -0.25) is 0 Å². The van der Waals surface area contributed by atoms with Gasteiger partial charge < -0.3 is 0 Å².